The van der Waals surface area contributed by atoms with Gasteiger partial charge in [-0.1, -0.05) is 57.2 Å². The first-order valence-electron chi connectivity index (χ1n) is 13.7. The van der Waals surface area contributed by atoms with Crippen molar-refractivity contribution in [1.82, 2.24) is 15.1 Å². The molecule has 1 aliphatic rings. The minimum absolute atomic E-state index is 0.0711. The number of carbonyl (C=O) groups excluding carboxylic acids is 3. The van der Waals surface area contributed by atoms with Crippen LogP contribution in [0.3, 0.4) is 0 Å². The summed E-state index contributed by atoms with van der Waals surface area (Å²) in [6.45, 7) is 8.21. The maximum Gasteiger partial charge on any atom is 0.323 e. The van der Waals surface area contributed by atoms with Crippen LogP contribution in [0.5, 0.6) is 0 Å². The molecule has 1 saturated heterocycles. The molecular weight excluding hydrogens is 539 g/mol. The molecule has 0 saturated carbocycles. The highest BCUT2D eigenvalue weighted by atomic mass is 19.1. The molecule has 0 radical (unpaired) electrons. The smallest absolute Gasteiger partial charge is 0.323 e. The Morgan fingerprint density at radius 1 is 0.952 bits per heavy atom. The molecule has 3 N–H and O–H groups in total. The Morgan fingerprint density at radius 3 is 2.19 bits per heavy atom. The van der Waals surface area contributed by atoms with Crippen LogP contribution in [-0.4, -0.2) is 58.0 Å². The van der Waals surface area contributed by atoms with E-state index in [-0.39, 0.29) is 18.5 Å². The quantitative estimate of drug-likeness (QED) is 0.364. The second kappa shape index (κ2) is 12.4. The summed E-state index contributed by atoms with van der Waals surface area (Å²) in [5.41, 5.74) is 3.08. The van der Waals surface area contributed by atoms with Crippen LogP contribution in [0.4, 0.5) is 14.9 Å². The number of carbonyl (C=O) groups is 4. The Kier molecular flexibility index (Phi) is 8.94. The average Bonchev–Trinajstić information content (AvgIpc) is 3.38. The Bertz CT molecular complexity index is 1470. The number of nitrogens with zero attached hydrogens (tertiary/aromatic N) is 2. The van der Waals surface area contributed by atoms with E-state index in [0.717, 1.165) is 11.1 Å². The predicted octanol–water partition coefficient (Wildman–Crippen LogP) is 5.08. The molecule has 4 rings (SSSR count). The number of urea groups is 1. The lowest BCUT2D eigenvalue weighted by atomic mass is 9.86. The zero-order valence-electron chi connectivity index (χ0n) is 24.1. The van der Waals surface area contributed by atoms with Crippen LogP contribution >= 0.6 is 0 Å². The maximum absolute atomic E-state index is 13.8. The third kappa shape index (κ3) is 7.12. The lowest BCUT2D eigenvalue weighted by molar-refractivity contribution is -0.138. The van der Waals surface area contributed by atoms with Gasteiger partial charge in [-0.15, -0.1) is 0 Å². The van der Waals surface area contributed by atoms with E-state index in [9.17, 15) is 28.7 Å². The highest BCUT2D eigenvalue weighted by Crippen LogP contribution is 2.26. The number of hydrogen-bond donors (Lipinski definition) is 3. The van der Waals surface area contributed by atoms with E-state index in [4.69, 9.17) is 0 Å². The third-order valence-corrected chi connectivity index (χ3v) is 7.16. The monoisotopic (exact) mass is 574 g/mol. The molecule has 42 heavy (non-hydrogen) atoms. The number of carboxylic acids is 1. The molecule has 1 heterocycles. The van der Waals surface area contributed by atoms with Gasteiger partial charge in [0.1, 0.15) is 5.82 Å². The van der Waals surface area contributed by atoms with Gasteiger partial charge in [-0.3, -0.25) is 19.3 Å². The molecule has 0 aromatic heterocycles. The van der Waals surface area contributed by atoms with Gasteiger partial charge >= 0.3 is 12.0 Å². The van der Waals surface area contributed by atoms with Crippen LogP contribution in [0, 0.1) is 12.7 Å². The fraction of sp³-hybridized carbons (Fsp3) is 0.312. The van der Waals surface area contributed by atoms with Crippen molar-refractivity contribution in [1.29, 1.82) is 0 Å². The number of nitrogens with one attached hydrogen (secondary N) is 2. The second-order valence-corrected chi connectivity index (χ2v) is 11.4. The molecule has 220 valence electrons. The lowest BCUT2D eigenvalue weighted by Crippen LogP contribution is -2.55. The number of anilines is 1. The van der Waals surface area contributed by atoms with Crippen LogP contribution in [0.2, 0.25) is 0 Å². The molecule has 0 spiro atoms. The summed E-state index contributed by atoms with van der Waals surface area (Å²) in [5, 5.41) is 15.0. The first kappa shape index (κ1) is 30.2. The van der Waals surface area contributed by atoms with Crippen LogP contribution in [0.15, 0.2) is 72.8 Å². The van der Waals surface area contributed by atoms with Gasteiger partial charge in [0.25, 0.3) is 11.8 Å². The molecular formula is C32H35FN4O5. The summed E-state index contributed by atoms with van der Waals surface area (Å²) in [5.74, 6) is -2.87. The van der Waals surface area contributed by atoms with Crippen molar-refractivity contribution < 1.29 is 28.7 Å². The molecule has 2 unspecified atom stereocenters. The summed E-state index contributed by atoms with van der Waals surface area (Å²) in [7, 11) is 0. The van der Waals surface area contributed by atoms with E-state index in [1.807, 2.05) is 25.1 Å². The van der Waals surface area contributed by atoms with E-state index in [1.54, 1.807) is 30.3 Å². The number of hydrogen-bond acceptors (Lipinski definition) is 4. The summed E-state index contributed by atoms with van der Waals surface area (Å²) in [6, 6.07) is 17.8. The largest absolute Gasteiger partial charge is 0.481 e. The highest BCUT2D eigenvalue weighted by Gasteiger charge is 2.44. The molecule has 1 aliphatic heterocycles. The fourth-order valence-electron chi connectivity index (χ4n) is 4.90. The Morgan fingerprint density at radius 2 is 1.60 bits per heavy atom. The van der Waals surface area contributed by atoms with Gasteiger partial charge in [-0.2, -0.15) is 0 Å². The van der Waals surface area contributed by atoms with Crippen molar-refractivity contribution in [2.75, 3.05) is 18.4 Å². The summed E-state index contributed by atoms with van der Waals surface area (Å²) < 4.78 is 13.6. The second-order valence-electron chi connectivity index (χ2n) is 11.4. The lowest BCUT2D eigenvalue weighted by Gasteiger charge is -2.31. The van der Waals surface area contributed by atoms with Crippen molar-refractivity contribution in [3.63, 3.8) is 0 Å². The standard InChI is InChI=1S/C32H35FN4O5/c1-20-6-5-7-25(18-20)34-31(42)37-17-16-36(30(41)22-8-12-23(13-9-22)32(2,3)4)29(37)28(40)35-26(19-27(38)39)21-10-14-24(33)15-11-21/h5-15,18,26,29H,16-17,19H2,1-4H3,(H,34,42)(H,35,40)(H,38,39). The highest BCUT2D eigenvalue weighted by molar-refractivity contribution is 6.00. The molecule has 4 amide bonds. The number of aliphatic carboxylic acids is 1. The van der Waals surface area contributed by atoms with Gasteiger partial charge in [-0.05, 0) is 65.4 Å². The number of benzene rings is 3. The predicted molar refractivity (Wildman–Crippen MR) is 156 cm³/mol. The molecule has 9 nitrogen and oxygen atoms in total. The number of amides is 4. The third-order valence-electron chi connectivity index (χ3n) is 7.16. The minimum atomic E-state index is -1.36. The van der Waals surface area contributed by atoms with Gasteiger partial charge in [0, 0.05) is 24.3 Å². The van der Waals surface area contributed by atoms with Crippen molar-refractivity contribution in [2.24, 2.45) is 0 Å². The molecule has 2 atom stereocenters. The van der Waals surface area contributed by atoms with Crippen LogP contribution in [0.1, 0.15) is 60.3 Å². The fourth-order valence-corrected chi connectivity index (χ4v) is 4.90. The first-order valence-corrected chi connectivity index (χ1v) is 13.7. The van der Waals surface area contributed by atoms with Crippen LogP contribution in [-0.2, 0) is 15.0 Å². The summed E-state index contributed by atoms with van der Waals surface area (Å²) >= 11 is 0. The van der Waals surface area contributed by atoms with E-state index in [0.29, 0.717) is 16.8 Å². The molecule has 0 aliphatic carbocycles. The minimum Gasteiger partial charge on any atom is -0.481 e. The molecule has 3 aromatic rings. The molecule has 1 fully saturated rings. The van der Waals surface area contributed by atoms with Crippen molar-refractivity contribution in [3.8, 4) is 0 Å². The zero-order valence-corrected chi connectivity index (χ0v) is 24.1. The van der Waals surface area contributed by atoms with Crippen molar-refractivity contribution in [2.45, 2.75) is 51.7 Å². The van der Waals surface area contributed by atoms with E-state index in [1.165, 1.54) is 34.1 Å². The normalized spacial score (nSPS) is 15.7. The Balaban J connectivity index is 1.65. The number of carboxylic acid groups (broad SMARTS) is 1. The van der Waals surface area contributed by atoms with Crippen molar-refractivity contribution in [3.05, 3.63) is 101 Å². The van der Waals surface area contributed by atoms with Gasteiger partial charge in [0.15, 0.2) is 6.17 Å². The van der Waals surface area contributed by atoms with Gasteiger partial charge in [-0.25, -0.2) is 9.18 Å². The zero-order chi connectivity index (χ0) is 30.6. The molecule has 0 bridgehead atoms. The van der Waals surface area contributed by atoms with Crippen LogP contribution < -0.4 is 10.6 Å². The van der Waals surface area contributed by atoms with Gasteiger partial charge in [0.2, 0.25) is 0 Å². The van der Waals surface area contributed by atoms with Crippen molar-refractivity contribution >= 4 is 29.5 Å². The van der Waals surface area contributed by atoms with E-state index < -0.39 is 48.3 Å². The summed E-state index contributed by atoms with van der Waals surface area (Å²) in [4.78, 5) is 55.2. The molecule has 10 heteroatoms. The topological polar surface area (TPSA) is 119 Å². The Hall–Kier alpha value is -4.73. The van der Waals surface area contributed by atoms with Gasteiger partial charge < -0.3 is 20.6 Å². The van der Waals surface area contributed by atoms with Crippen LogP contribution in [0.25, 0.3) is 0 Å². The Labute approximate surface area is 244 Å². The SMILES string of the molecule is Cc1cccc(NC(=O)N2CCN(C(=O)c3ccc(C(C)(C)C)cc3)C2C(=O)NC(CC(=O)O)c2ccc(F)cc2)c1. The number of rotatable bonds is 7. The maximum atomic E-state index is 13.8. The number of aryl methyl sites for hydroxylation is 1. The molecule has 3 aromatic carbocycles. The summed E-state index contributed by atoms with van der Waals surface area (Å²) in [6.07, 6.45) is -1.84. The number of halogens is 1. The van der Waals surface area contributed by atoms with E-state index >= 15 is 0 Å². The van der Waals surface area contributed by atoms with Gasteiger partial charge in [0.05, 0.1) is 12.5 Å². The van der Waals surface area contributed by atoms with E-state index in [2.05, 4.69) is 31.4 Å². The average molecular weight is 575 g/mol. The first-order chi connectivity index (χ1) is 19.8.